The summed E-state index contributed by atoms with van der Waals surface area (Å²) in [6, 6.07) is 19.2. The second-order valence-corrected chi connectivity index (χ2v) is 7.65. The van der Waals surface area contributed by atoms with Crippen LogP contribution in [0.3, 0.4) is 0 Å². The van der Waals surface area contributed by atoms with Gasteiger partial charge in [-0.3, -0.25) is 4.79 Å². The van der Waals surface area contributed by atoms with Crippen molar-refractivity contribution in [3.05, 3.63) is 76.0 Å². The fraction of sp³-hybridized carbons (Fsp3) is 0.227. The fourth-order valence-electron chi connectivity index (χ4n) is 3.20. The van der Waals surface area contributed by atoms with Crippen LogP contribution in [0.15, 0.2) is 60.7 Å². The minimum atomic E-state index is -0.0280. The Balaban J connectivity index is 1.41. The van der Waals surface area contributed by atoms with E-state index < -0.39 is 0 Å². The lowest BCUT2D eigenvalue weighted by Crippen LogP contribution is -2.10. The zero-order valence-electron chi connectivity index (χ0n) is 14.5. The average molecular weight is 363 g/mol. The SMILES string of the molecule is O=C(Nc1ccc(Oc2ccccc2)cc1)c1cc2c(s1)CCCCC2. The van der Waals surface area contributed by atoms with Gasteiger partial charge in [-0.2, -0.15) is 0 Å². The van der Waals surface area contributed by atoms with Gasteiger partial charge in [0.1, 0.15) is 11.5 Å². The number of thiophene rings is 1. The lowest BCUT2D eigenvalue weighted by atomic mass is 10.1. The van der Waals surface area contributed by atoms with Gasteiger partial charge in [0.25, 0.3) is 5.91 Å². The van der Waals surface area contributed by atoms with Crippen molar-refractivity contribution in [2.24, 2.45) is 0 Å². The standard InChI is InChI=1S/C22H21NO2S/c24-22(21-15-16-7-3-1-6-10-20(16)26-21)23-17-11-13-19(14-12-17)25-18-8-4-2-5-9-18/h2,4-5,8-9,11-15H,1,3,6-7,10H2,(H,23,24). The summed E-state index contributed by atoms with van der Waals surface area (Å²) >= 11 is 1.64. The average Bonchev–Trinajstić information content (AvgIpc) is 2.95. The predicted molar refractivity (Wildman–Crippen MR) is 106 cm³/mol. The van der Waals surface area contributed by atoms with Gasteiger partial charge in [-0.25, -0.2) is 0 Å². The zero-order chi connectivity index (χ0) is 17.8. The molecule has 1 aliphatic rings. The molecule has 4 heteroatoms. The third-order valence-corrected chi connectivity index (χ3v) is 5.80. The van der Waals surface area contributed by atoms with Gasteiger partial charge in [-0.15, -0.1) is 11.3 Å². The number of nitrogens with one attached hydrogen (secondary N) is 1. The topological polar surface area (TPSA) is 38.3 Å². The molecule has 132 valence electrons. The summed E-state index contributed by atoms with van der Waals surface area (Å²) in [6.07, 6.45) is 5.97. The molecular formula is C22H21NO2S. The van der Waals surface area contributed by atoms with Crippen molar-refractivity contribution in [3.63, 3.8) is 0 Å². The molecule has 3 aromatic rings. The van der Waals surface area contributed by atoms with E-state index in [0.29, 0.717) is 0 Å². The van der Waals surface area contributed by atoms with Crippen LogP contribution in [0.5, 0.6) is 11.5 Å². The maximum Gasteiger partial charge on any atom is 0.265 e. The van der Waals surface area contributed by atoms with Crippen LogP contribution in [-0.2, 0) is 12.8 Å². The van der Waals surface area contributed by atoms with Gasteiger partial charge in [0, 0.05) is 10.6 Å². The Morgan fingerprint density at radius 2 is 1.62 bits per heavy atom. The highest BCUT2D eigenvalue weighted by atomic mass is 32.1. The number of fused-ring (bicyclic) bond motifs is 1. The minimum Gasteiger partial charge on any atom is -0.457 e. The van der Waals surface area contributed by atoms with Crippen LogP contribution < -0.4 is 10.1 Å². The molecule has 0 radical (unpaired) electrons. The van der Waals surface area contributed by atoms with Crippen LogP contribution >= 0.6 is 11.3 Å². The summed E-state index contributed by atoms with van der Waals surface area (Å²) in [4.78, 5) is 14.8. The van der Waals surface area contributed by atoms with Gasteiger partial charge < -0.3 is 10.1 Å². The molecule has 0 saturated carbocycles. The van der Waals surface area contributed by atoms with Gasteiger partial charge in [0.2, 0.25) is 0 Å². The number of anilines is 1. The normalized spacial score (nSPS) is 13.5. The molecule has 3 nitrogen and oxygen atoms in total. The lowest BCUT2D eigenvalue weighted by Gasteiger charge is -2.07. The number of rotatable bonds is 4. The Morgan fingerprint density at radius 1 is 0.885 bits per heavy atom. The minimum absolute atomic E-state index is 0.0280. The van der Waals surface area contributed by atoms with Crippen molar-refractivity contribution in [2.45, 2.75) is 32.1 Å². The molecule has 0 spiro atoms. The van der Waals surface area contributed by atoms with Gasteiger partial charge in [-0.1, -0.05) is 24.6 Å². The molecule has 0 saturated heterocycles. The number of para-hydroxylation sites is 1. The number of carbonyl (C=O) groups excluding carboxylic acids is 1. The second-order valence-electron chi connectivity index (χ2n) is 6.51. The first-order chi connectivity index (χ1) is 12.8. The first-order valence-electron chi connectivity index (χ1n) is 9.04. The molecule has 0 fully saturated rings. The largest absolute Gasteiger partial charge is 0.457 e. The van der Waals surface area contributed by atoms with Crippen molar-refractivity contribution in [2.75, 3.05) is 5.32 Å². The molecule has 2 aromatic carbocycles. The summed E-state index contributed by atoms with van der Waals surface area (Å²) < 4.78 is 5.78. The van der Waals surface area contributed by atoms with Crippen LogP contribution in [0, 0.1) is 0 Å². The molecule has 1 N–H and O–H groups in total. The third-order valence-electron chi connectivity index (χ3n) is 4.56. The van der Waals surface area contributed by atoms with Crippen LogP contribution in [-0.4, -0.2) is 5.91 Å². The van der Waals surface area contributed by atoms with Crippen molar-refractivity contribution >= 4 is 22.9 Å². The molecular weight excluding hydrogens is 342 g/mol. The molecule has 4 rings (SSSR count). The van der Waals surface area contributed by atoms with Crippen LogP contribution in [0.25, 0.3) is 0 Å². The van der Waals surface area contributed by atoms with Crippen LogP contribution in [0.4, 0.5) is 5.69 Å². The second kappa shape index (κ2) is 7.75. The smallest absolute Gasteiger partial charge is 0.265 e. The Bertz CT molecular complexity index is 861. The third kappa shape index (κ3) is 3.97. The fourth-order valence-corrected chi connectivity index (χ4v) is 4.35. The predicted octanol–water partition coefficient (Wildman–Crippen LogP) is 6.06. The molecule has 0 bridgehead atoms. The number of carbonyl (C=O) groups is 1. The number of hydrogen-bond donors (Lipinski definition) is 1. The Labute approximate surface area is 157 Å². The summed E-state index contributed by atoms with van der Waals surface area (Å²) in [5, 5.41) is 2.99. The van der Waals surface area contributed by atoms with Crippen LogP contribution in [0.1, 0.15) is 39.4 Å². The number of benzene rings is 2. The summed E-state index contributed by atoms with van der Waals surface area (Å²) in [7, 11) is 0. The van der Waals surface area contributed by atoms with E-state index in [0.717, 1.165) is 34.9 Å². The molecule has 0 aliphatic heterocycles. The maximum absolute atomic E-state index is 12.6. The first kappa shape index (κ1) is 16.9. The van der Waals surface area contributed by atoms with Crippen molar-refractivity contribution < 1.29 is 9.53 Å². The van der Waals surface area contributed by atoms with E-state index in [1.807, 2.05) is 54.6 Å². The molecule has 26 heavy (non-hydrogen) atoms. The quantitative estimate of drug-likeness (QED) is 0.572. The van der Waals surface area contributed by atoms with Crippen molar-refractivity contribution in [1.82, 2.24) is 0 Å². The molecule has 1 heterocycles. The highest BCUT2D eigenvalue weighted by Crippen LogP contribution is 2.30. The zero-order valence-corrected chi connectivity index (χ0v) is 15.4. The summed E-state index contributed by atoms with van der Waals surface area (Å²) in [5.74, 6) is 1.52. The highest BCUT2D eigenvalue weighted by molar-refractivity contribution is 7.14. The number of amides is 1. The Morgan fingerprint density at radius 3 is 2.42 bits per heavy atom. The number of ether oxygens (including phenoxy) is 1. The molecule has 1 aliphatic carbocycles. The molecule has 1 amide bonds. The highest BCUT2D eigenvalue weighted by Gasteiger charge is 2.16. The van der Waals surface area contributed by atoms with Crippen molar-refractivity contribution in [1.29, 1.82) is 0 Å². The van der Waals surface area contributed by atoms with E-state index >= 15 is 0 Å². The van der Waals surface area contributed by atoms with E-state index in [1.54, 1.807) is 11.3 Å². The first-order valence-corrected chi connectivity index (χ1v) is 9.85. The van der Waals surface area contributed by atoms with E-state index in [2.05, 4.69) is 11.4 Å². The van der Waals surface area contributed by atoms with Gasteiger partial charge in [0.05, 0.1) is 4.88 Å². The number of aryl methyl sites for hydroxylation is 2. The molecule has 1 aromatic heterocycles. The molecule has 0 atom stereocenters. The van der Waals surface area contributed by atoms with E-state index in [1.165, 1.54) is 29.7 Å². The van der Waals surface area contributed by atoms with Crippen LogP contribution in [0.2, 0.25) is 0 Å². The summed E-state index contributed by atoms with van der Waals surface area (Å²) in [6.45, 7) is 0. The van der Waals surface area contributed by atoms with E-state index in [9.17, 15) is 4.79 Å². The maximum atomic E-state index is 12.6. The molecule has 0 unspecified atom stereocenters. The monoisotopic (exact) mass is 363 g/mol. The number of hydrogen-bond acceptors (Lipinski definition) is 3. The van der Waals surface area contributed by atoms with Gasteiger partial charge in [-0.05, 0) is 73.7 Å². The van der Waals surface area contributed by atoms with Gasteiger partial charge in [0.15, 0.2) is 0 Å². The Hall–Kier alpha value is -2.59. The van der Waals surface area contributed by atoms with E-state index in [4.69, 9.17) is 4.74 Å². The van der Waals surface area contributed by atoms with Crippen molar-refractivity contribution in [3.8, 4) is 11.5 Å². The van der Waals surface area contributed by atoms with Gasteiger partial charge >= 0.3 is 0 Å². The van der Waals surface area contributed by atoms with E-state index in [-0.39, 0.29) is 5.91 Å². The lowest BCUT2D eigenvalue weighted by molar-refractivity contribution is 0.103. The Kier molecular flexibility index (Phi) is 5.02. The summed E-state index contributed by atoms with van der Waals surface area (Å²) in [5.41, 5.74) is 2.14.